The van der Waals surface area contributed by atoms with Crippen LogP contribution in [-0.2, 0) is 13.6 Å². The Hall–Kier alpha value is -2.35. The normalized spacial score (nSPS) is 10.7. The molecule has 8 nitrogen and oxygen atoms in total. The summed E-state index contributed by atoms with van der Waals surface area (Å²) in [5.41, 5.74) is 0.549. The van der Waals surface area contributed by atoms with Crippen molar-refractivity contribution in [2.24, 2.45) is 7.05 Å². The Morgan fingerprint density at radius 2 is 2.09 bits per heavy atom. The van der Waals surface area contributed by atoms with Crippen LogP contribution in [0.15, 0.2) is 12.4 Å². The van der Waals surface area contributed by atoms with E-state index in [9.17, 15) is 9.59 Å². The third-order valence-electron chi connectivity index (χ3n) is 3.01. The highest BCUT2D eigenvalue weighted by molar-refractivity contribution is 6.31. The largest absolute Gasteiger partial charge is 0.478 e. The number of carbonyl (C=O) groups excluding carboxylic acids is 1. The van der Waals surface area contributed by atoms with E-state index in [0.29, 0.717) is 24.5 Å². The van der Waals surface area contributed by atoms with Gasteiger partial charge < -0.3 is 10.4 Å². The van der Waals surface area contributed by atoms with Gasteiger partial charge in [-0.3, -0.25) is 14.2 Å². The van der Waals surface area contributed by atoms with E-state index in [0.717, 1.165) is 5.69 Å². The van der Waals surface area contributed by atoms with Gasteiger partial charge in [0, 0.05) is 32.5 Å². The molecule has 0 aromatic carbocycles. The summed E-state index contributed by atoms with van der Waals surface area (Å²) in [6.07, 6.45) is 3.66. The van der Waals surface area contributed by atoms with E-state index in [1.807, 2.05) is 6.92 Å². The van der Waals surface area contributed by atoms with E-state index in [1.54, 1.807) is 17.9 Å². The second-order valence-corrected chi connectivity index (χ2v) is 5.21. The lowest BCUT2D eigenvalue weighted by Gasteiger charge is -2.04. The summed E-state index contributed by atoms with van der Waals surface area (Å²) in [6.45, 7) is 2.79. The molecule has 2 N–H and O–H groups in total. The first-order valence-corrected chi connectivity index (χ1v) is 7.01. The fraction of sp³-hybridized carbons (Fsp3) is 0.385. The number of amides is 1. The topological polar surface area (TPSA) is 102 Å². The summed E-state index contributed by atoms with van der Waals surface area (Å²) in [4.78, 5) is 23.0. The number of hydrogen-bond acceptors (Lipinski definition) is 4. The van der Waals surface area contributed by atoms with Crippen LogP contribution in [0.25, 0.3) is 0 Å². The fourth-order valence-corrected chi connectivity index (χ4v) is 2.10. The monoisotopic (exact) mass is 325 g/mol. The molecule has 1 amide bonds. The highest BCUT2D eigenvalue weighted by atomic mass is 35.5. The number of carboxylic acid groups (broad SMARTS) is 1. The lowest BCUT2D eigenvalue weighted by atomic mass is 10.2. The smallest absolute Gasteiger partial charge is 0.339 e. The molecule has 0 atom stereocenters. The molecule has 0 saturated carbocycles. The van der Waals surface area contributed by atoms with Crippen molar-refractivity contribution in [3.05, 3.63) is 34.4 Å². The third-order valence-corrected chi connectivity index (χ3v) is 3.38. The minimum Gasteiger partial charge on any atom is -0.478 e. The van der Waals surface area contributed by atoms with Crippen molar-refractivity contribution in [1.82, 2.24) is 24.9 Å². The van der Waals surface area contributed by atoms with E-state index >= 15 is 0 Å². The van der Waals surface area contributed by atoms with E-state index in [-0.39, 0.29) is 11.3 Å². The van der Waals surface area contributed by atoms with Crippen molar-refractivity contribution in [1.29, 1.82) is 0 Å². The first kappa shape index (κ1) is 16.0. The second-order valence-electron chi connectivity index (χ2n) is 4.81. The molecule has 0 bridgehead atoms. The lowest BCUT2D eigenvalue weighted by molar-refractivity contribution is 0.0691. The lowest BCUT2D eigenvalue weighted by Crippen LogP contribution is -2.27. The SMILES string of the molecule is Cc1nn(CCCNC(=O)c2nn(C)cc2C(=O)O)cc1Cl. The molecule has 2 aromatic heterocycles. The fourth-order valence-electron chi connectivity index (χ4n) is 1.95. The zero-order valence-electron chi connectivity index (χ0n) is 12.2. The number of carbonyl (C=O) groups is 2. The first-order valence-electron chi connectivity index (χ1n) is 6.63. The van der Waals surface area contributed by atoms with Crippen LogP contribution in [0, 0.1) is 6.92 Å². The van der Waals surface area contributed by atoms with Crippen molar-refractivity contribution in [2.45, 2.75) is 19.9 Å². The molecule has 0 spiro atoms. The molecule has 2 aromatic rings. The molecule has 0 saturated heterocycles. The minimum atomic E-state index is -1.18. The van der Waals surface area contributed by atoms with Gasteiger partial charge >= 0.3 is 5.97 Å². The summed E-state index contributed by atoms with van der Waals surface area (Å²) in [5.74, 6) is -1.69. The molecule has 2 rings (SSSR count). The van der Waals surface area contributed by atoms with Crippen LogP contribution in [0.3, 0.4) is 0 Å². The zero-order valence-corrected chi connectivity index (χ0v) is 13.0. The van der Waals surface area contributed by atoms with E-state index in [2.05, 4.69) is 15.5 Å². The number of carboxylic acids is 1. The zero-order chi connectivity index (χ0) is 16.3. The Kier molecular flexibility index (Phi) is 4.81. The number of aromatic nitrogens is 4. The Morgan fingerprint density at radius 1 is 1.36 bits per heavy atom. The molecule has 9 heteroatoms. The Bertz CT molecular complexity index is 687. The average molecular weight is 326 g/mol. The predicted molar refractivity (Wildman–Crippen MR) is 79.1 cm³/mol. The molecule has 0 aliphatic carbocycles. The highest BCUT2D eigenvalue weighted by Gasteiger charge is 2.20. The van der Waals surface area contributed by atoms with Gasteiger partial charge in [0.1, 0.15) is 5.56 Å². The van der Waals surface area contributed by atoms with E-state index in [1.165, 1.54) is 10.9 Å². The molecule has 118 valence electrons. The molecule has 0 aliphatic rings. The summed E-state index contributed by atoms with van der Waals surface area (Å²) < 4.78 is 3.00. The Morgan fingerprint density at radius 3 is 2.68 bits per heavy atom. The molecule has 2 heterocycles. The van der Waals surface area contributed by atoms with Crippen molar-refractivity contribution < 1.29 is 14.7 Å². The van der Waals surface area contributed by atoms with Gasteiger partial charge in [-0.1, -0.05) is 11.6 Å². The quantitative estimate of drug-likeness (QED) is 0.774. The van der Waals surface area contributed by atoms with Gasteiger partial charge in [0.05, 0.1) is 10.7 Å². The minimum absolute atomic E-state index is 0.0898. The second kappa shape index (κ2) is 6.61. The molecular weight excluding hydrogens is 310 g/mol. The van der Waals surface area contributed by atoms with Crippen LogP contribution in [0.5, 0.6) is 0 Å². The molecule has 0 radical (unpaired) electrons. The maximum Gasteiger partial charge on any atom is 0.339 e. The molecule has 0 fully saturated rings. The predicted octanol–water partition coefficient (Wildman–Crippen LogP) is 1.10. The number of aryl methyl sites for hydroxylation is 3. The van der Waals surface area contributed by atoms with Gasteiger partial charge in [-0.25, -0.2) is 4.79 Å². The molecular formula is C13H16ClN5O3. The van der Waals surface area contributed by atoms with Crippen molar-refractivity contribution in [3.8, 4) is 0 Å². The van der Waals surface area contributed by atoms with Crippen molar-refractivity contribution in [2.75, 3.05) is 6.54 Å². The Balaban J connectivity index is 1.87. The van der Waals surface area contributed by atoms with Gasteiger partial charge in [0.2, 0.25) is 0 Å². The Labute approximate surface area is 131 Å². The van der Waals surface area contributed by atoms with Crippen LogP contribution < -0.4 is 5.32 Å². The maximum absolute atomic E-state index is 12.0. The standard InChI is InChI=1S/C13H16ClN5O3/c1-8-10(14)7-19(16-8)5-3-4-15-12(20)11-9(13(21)22)6-18(2)17-11/h6-7H,3-5H2,1-2H3,(H,15,20)(H,21,22). The first-order chi connectivity index (χ1) is 10.4. The number of rotatable bonds is 6. The number of hydrogen-bond donors (Lipinski definition) is 2. The summed E-state index contributed by atoms with van der Waals surface area (Å²) in [6, 6.07) is 0. The van der Waals surface area contributed by atoms with Gasteiger partial charge in [-0.15, -0.1) is 0 Å². The van der Waals surface area contributed by atoms with Crippen molar-refractivity contribution >= 4 is 23.5 Å². The number of nitrogens with one attached hydrogen (secondary N) is 1. The van der Waals surface area contributed by atoms with Crippen LogP contribution in [0.1, 0.15) is 33.0 Å². The average Bonchev–Trinajstić information content (AvgIpc) is 2.98. The van der Waals surface area contributed by atoms with Crippen LogP contribution in [0.2, 0.25) is 5.02 Å². The molecule has 0 aliphatic heterocycles. The van der Waals surface area contributed by atoms with Gasteiger partial charge in [0.25, 0.3) is 5.91 Å². The summed E-state index contributed by atoms with van der Waals surface area (Å²) in [7, 11) is 1.56. The van der Waals surface area contributed by atoms with Crippen LogP contribution in [0.4, 0.5) is 0 Å². The van der Waals surface area contributed by atoms with Gasteiger partial charge in [-0.05, 0) is 13.3 Å². The number of halogens is 1. The maximum atomic E-state index is 12.0. The van der Waals surface area contributed by atoms with Crippen molar-refractivity contribution in [3.63, 3.8) is 0 Å². The molecule has 0 unspecified atom stereocenters. The van der Waals surface area contributed by atoms with Gasteiger partial charge in [-0.2, -0.15) is 10.2 Å². The van der Waals surface area contributed by atoms with Crippen LogP contribution in [-0.4, -0.2) is 43.1 Å². The van der Waals surface area contributed by atoms with E-state index < -0.39 is 11.9 Å². The third kappa shape index (κ3) is 3.64. The summed E-state index contributed by atoms with van der Waals surface area (Å²) in [5, 5.41) is 20.3. The number of aromatic carboxylic acids is 1. The summed E-state index contributed by atoms with van der Waals surface area (Å²) >= 11 is 5.90. The highest BCUT2D eigenvalue weighted by Crippen LogP contribution is 2.12. The molecule has 22 heavy (non-hydrogen) atoms. The van der Waals surface area contributed by atoms with Gasteiger partial charge in [0.15, 0.2) is 5.69 Å². The van der Waals surface area contributed by atoms with E-state index in [4.69, 9.17) is 16.7 Å². The van der Waals surface area contributed by atoms with Crippen LogP contribution >= 0.6 is 11.6 Å². The number of nitrogens with zero attached hydrogens (tertiary/aromatic N) is 4.